The van der Waals surface area contributed by atoms with Crippen LogP contribution in [-0.4, -0.2) is 37.3 Å². The fraction of sp³-hybridized carbons (Fsp3) is 0.263. The number of rotatable bonds is 8. The SMILES string of the molecule is CC(C)(Sc1nc(CCNc2ncc(-c3ccc(F)cc3)cn2)cs1)C(=O)O.Cl. The molecule has 2 heterocycles. The number of thiazole rings is 1. The van der Waals surface area contributed by atoms with Gasteiger partial charge in [-0.25, -0.2) is 19.3 Å². The zero-order chi connectivity index (χ0) is 20.1. The van der Waals surface area contributed by atoms with E-state index in [1.807, 2.05) is 5.38 Å². The van der Waals surface area contributed by atoms with E-state index in [-0.39, 0.29) is 18.2 Å². The van der Waals surface area contributed by atoms with E-state index in [0.29, 0.717) is 18.9 Å². The molecule has 1 aromatic carbocycles. The molecule has 0 aliphatic rings. The minimum atomic E-state index is -0.909. The summed E-state index contributed by atoms with van der Waals surface area (Å²) >= 11 is 2.69. The van der Waals surface area contributed by atoms with Crippen molar-refractivity contribution >= 4 is 47.4 Å². The number of carbonyl (C=O) groups is 1. The zero-order valence-electron chi connectivity index (χ0n) is 15.8. The molecule has 0 unspecified atom stereocenters. The average Bonchev–Trinajstić information content (AvgIpc) is 3.09. The number of hydrogen-bond donors (Lipinski definition) is 2. The van der Waals surface area contributed by atoms with Crippen LogP contribution in [0.5, 0.6) is 0 Å². The van der Waals surface area contributed by atoms with Crippen molar-refractivity contribution in [1.29, 1.82) is 0 Å². The molecule has 0 aliphatic heterocycles. The Morgan fingerprint density at radius 3 is 2.48 bits per heavy atom. The summed E-state index contributed by atoms with van der Waals surface area (Å²) in [5, 5.41) is 14.3. The summed E-state index contributed by atoms with van der Waals surface area (Å²) in [6.45, 7) is 3.93. The Bertz CT molecular complexity index is 950. The molecular weight excluding hydrogens is 435 g/mol. The lowest BCUT2D eigenvalue weighted by atomic mass is 10.1. The molecule has 0 bridgehead atoms. The van der Waals surface area contributed by atoms with Crippen molar-refractivity contribution < 1.29 is 14.3 Å². The van der Waals surface area contributed by atoms with Crippen LogP contribution >= 0.6 is 35.5 Å². The number of carboxylic acids is 1. The van der Waals surface area contributed by atoms with Crippen LogP contribution in [0.15, 0.2) is 46.4 Å². The molecule has 0 radical (unpaired) electrons. The van der Waals surface area contributed by atoms with Gasteiger partial charge >= 0.3 is 5.97 Å². The van der Waals surface area contributed by atoms with Gasteiger partial charge in [-0.1, -0.05) is 23.9 Å². The van der Waals surface area contributed by atoms with Gasteiger partial charge in [-0.2, -0.15) is 0 Å². The van der Waals surface area contributed by atoms with Gasteiger partial charge in [-0.05, 0) is 31.5 Å². The summed E-state index contributed by atoms with van der Waals surface area (Å²) in [6, 6.07) is 6.17. The number of carboxylic acid groups (broad SMARTS) is 1. The third-order valence-electron chi connectivity index (χ3n) is 3.88. The summed E-state index contributed by atoms with van der Waals surface area (Å²) in [4.78, 5) is 24.2. The number of hydrogen-bond acceptors (Lipinski definition) is 7. The molecule has 0 aliphatic carbocycles. The van der Waals surface area contributed by atoms with Crippen LogP contribution in [0.1, 0.15) is 19.5 Å². The van der Waals surface area contributed by atoms with Crippen LogP contribution in [-0.2, 0) is 11.2 Å². The van der Waals surface area contributed by atoms with Crippen molar-refractivity contribution in [2.75, 3.05) is 11.9 Å². The molecule has 0 saturated heterocycles. The largest absolute Gasteiger partial charge is 0.480 e. The average molecular weight is 455 g/mol. The van der Waals surface area contributed by atoms with Gasteiger partial charge in [0.05, 0.1) is 5.69 Å². The van der Waals surface area contributed by atoms with Crippen molar-refractivity contribution in [2.24, 2.45) is 0 Å². The molecule has 29 heavy (non-hydrogen) atoms. The second-order valence-electron chi connectivity index (χ2n) is 6.50. The first-order chi connectivity index (χ1) is 13.3. The highest BCUT2D eigenvalue weighted by Gasteiger charge is 2.29. The number of benzene rings is 1. The Labute approximate surface area is 182 Å². The number of nitrogens with zero attached hydrogens (tertiary/aromatic N) is 3. The highest BCUT2D eigenvalue weighted by molar-refractivity contribution is 8.02. The summed E-state index contributed by atoms with van der Waals surface area (Å²) in [7, 11) is 0. The van der Waals surface area contributed by atoms with E-state index in [2.05, 4.69) is 20.3 Å². The highest BCUT2D eigenvalue weighted by Crippen LogP contribution is 2.34. The van der Waals surface area contributed by atoms with Gasteiger partial charge in [-0.3, -0.25) is 4.79 Å². The van der Waals surface area contributed by atoms with Gasteiger partial charge in [0.1, 0.15) is 10.6 Å². The van der Waals surface area contributed by atoms with Gasteiger partial charge in [0.15, 0.2) is 4.34 Å². The number of aromatic nitrogens is 3. The second-order valence-corrected chi connectivity index (χ2v) is 9.23. The Morgan fingerprint density at radius 2 is 1.86 bits per heavy atom. The van der Waals surface area contributed by atoms with Crippen LogP contribution in [0.4, 0.5) is 10.3 Å². The third kappa shape index (κ3) is 6.38. The molecule has 154 valence electrons. The van der Waals surface area contributed by atoms with Crippen molar-refractivity contribution in [2.45, 2.75) is 29.4 Å². The van der Waals surface area contributed by atoms with E-state index >= 15 is 0 Å². The van der Waals surface area contributed by atoms with E-state index in [9.17, 15) is 14.3 Å². The first-order valence-corrected chi connectivity index (χ1v) is 10.2. The number of nitrogens with one attached hydrogen (secondary N) is 1. The fourth-order valence-corrected chi connectivity index (χ4v) is 4.45. The molecule has 3 aromatic rings. The first-order valence-electron chi connectivity index (χ1n) is 8.52. The highest BCUT2D eigenvalue weighted by atomic mass is 35.5. The number of thioether (sulfide) groups is 1. The van der Waals surface area contributed by atoms with E-state index in [4.69, 9.17) is 0 Å². The van der Waals surface area contributed by atoms with Crippen LogP contribution in [0.2, 0.25) is 0 Å². The van der Waals surface area contributed by atoms with Crippen LogP contribution < -0.4 is 5.32 Å². The predicted molar refractivity (Wildman–Crippen MR) is 117 cm³/mol. The lowest BCUT2D eigenvalue weighted by molar-refractivity contribution is -0.138. The fourth-order valence-electron chi connectivity index (χ4n) is 2.23. The topological polar surface area (TPSA) is 88.0 Å². The molecular formula is C19H20ClFN4O2S2. The van der Waals surface area contributed by atoms with Crippen LogP contribution in [0.3, 0.4) is 0 Å². The first kappa shape index (κ1) is 23.1. The lowest BCUT2D eigenvalue weighted by Gasteiger charge is -2.15. The Hall–Kier alpha value is -2.23. The van der Waals surface area contributed by atoms with E-state index in [1.165, 1.54) is 35.2 Å². The van der Waals surface area contributed by atoms with Crippen molar-refractivity contribution in [3.63, 3.8) is 0 Å². The normalized spacial score (nSPS) is 11.0. The maximum absolute atomic E-state index is 13.0. The monoisotopic (exact) mass is 454 g/mol. The second kappa shape index (κ2) is 10.00. The maximum atomic E-state index is 13.0. The molecule has 0 atom stereocenters. The van der Waals surface area contributed by atoms with Crippen molar-refractivity contribution in [3.8, 4) is 11.1 Å². The van der Waals surface area contributed by atoms with Crippen molar-refractivity contribution in [3.05, 3.63) is 53.6 Å². The van der Waals surface area contributed by atoms with E-state index in [1.54, 1.807) is 38.4 Å². The number of anilines is 1. The predicted octanol–water partition coefficient (Wildman–Crippen LogP) is 4.77. The molecule has 0 fully saturated rings. The Kier molecular flexibility index (Phi) is 7.95. The smallest absolute Gasteiger partial charge is 0.319 e. The van der Waals surface area contributed by atoms with Gasteiger partial charge in [0, 0.05) is 36.3 Å². The van der Waals surface area contributed by atoms with Gasteiger partial charge in [0.2, 0.25) is 5.95 Å². The Balaban J connectivity index is 0.00000300. The third-order valence-corrected chi connectivity index (χ3v) is 6.05. The summed E-state index contributed by atoms with van der Waals surface area (Å²) in [5.74, 6) is -0.641. The van der Waals surface area contributed by atoms with Crippen molar-refractivity contribution in [1.82, 2.24) is 15.0 Å². The summed E-state index contributed by atoms with van der Waals surface area (Å²) in [5.41, 5.74) is 2.56. The molecule has 3 rings (SSSR count). The van der Waals surface area contributed by atoms with Crippen LogP contribution in [0.25, 0.3) is 11.1 Å². The lowest BCUT2D eigenvalue weighted by Crippen LogP contribution is -2.26. The standard InChI is InChI=1S/C19H19FN4O2S2.ClH/c1-19(2,16(25)26)28-18-24-15(11-27-18)7-8-21-17-22-9-13(10-23-17)12-3-5-14(20)6-4-12;/h3-6,9-11H,7-8H2,1-2H3,(H,25,26)(H,21,22,23);1H. The number of halogens is 2. The Morgan fingerprint density at radius 1 is 1.21 bits per heavy atom. The van der Waals surface area contributed by atoms with Gasteiger partial charge < -0.3 is 10.4 Å². The maximum Gasteiger partial charge on any atom is 0.319 e. The zero-order valence-corrected chi connectivity index (χ0v) is 18.2. The van der Waals surface area contributed by atoms with Crippen LogP contribution in [0, 0.1) is 5.82 Å². The molecule has 0 spiro atoms. The quantitative estimate of drug-likeness (QED) is 0.474. The van der Waals surface area contributed by atoms with Gasteiger partial charge in [-0.15, -0.1) is 23.7 Å². The van der Waals surface area contributed by atoms with Gasteiger partial charge in [0.25, 0.3) is 0 Å². The summed E-state index contributed by atoms with van der Waals surface area (Å²) < 4.78 is 12.8. The van der Waals surface area contributed by atoms with E-state index in [0.717, 1.165) is 21.2 Å². The molecule has 2 N–H and O–H groups in total. The van der Waals surface area contributed by atoms with E-state index < -0.39 is 10.7 Å². The number of aliphatic carboxylic acids is 1. The molecule has 0 saturated carbocycles. The minimum absolute atomic E-state index is 0. The molecule has 2 aromatic heterocycles. The summed E-state index contributed by atoms with van der Waals surface area (Å²) in [6.07, 6.45) is 4.05. The molecule has 10 heteroatoms. The molecule has 0 amide bonds. The minimum Gasteiger partial charge on any atom is -0.480 e. The molecule has 6 nitrogen and oxygen atoms in total.